The molecule has 0 saturated heterocycles. The summed E-state index contributed by atoms with van der Waals surface area (Å²) >= 11 is 0. The fraction of sp³-hybridized carbons (Fsp3) is 0.625. The molecule has 10 heavy (non-hydrogen) atoms. The monoisotopic (exact) mass is 138 g/mol. The Bertz CT molecular complexity index is 134. The van der Waals surface area contributed by atoms with Gasteiger partial charge in [-0.1, -0.05) is 19.4 Å². The van der Waals surface area contributed by atoms with Crippen LogP contribution in [0.15, 0.2) is 17.4 Å². The Morgan fingerprint density at radius 1 is 1.40 bits per heavy atom. The van der Waals surface area contributed by atoms with Crippen LogP contribution in [0.2, 0.25) is 0 Å². The zero-order valence-corrected chi connectivity index (χ0v) is 6.27. The van der Waals surface area contributed by atoms with Gasteiger partial charge >= 0.3 is 0 Å². The van der Waals surface area contributed by atoms with E-state index < -0.39 is 0 Å². The molecule has 1 fully saturated rings. The Kier molecular flexibility index (Phi) is 2.49. The number of aliphatic imine (C=N–C) groups is 1. The van der Waals surface area contributed by atoms with Crippen LogP contribution >= 0.6 is 0 Å². The molecule has 0 spiro atoms. The van der Waals surface area contributed by atoms with Crippen molar-refractivity contribution < 1.29 is 0 Å². The highest BCUT2D eigenvalue weighted by molar-refractivity contribution is 5.27. The minimum Gasteiger partial charge on any atom is -0.368 e. The number of rotatable bonds is 3. The van der Waals surface area contributed by atoms with E-state index in [1.54, 1.807) is 0 Å². The Morgan fingerprint density at radius 2 is 2.00 bits per heavy atom. The molecular weight excluding hydrogens is 124 g/mol. The van der Waals surface area contributed by atoms with Crippen molar-refractivity contribution in [3.8, 4) is 0 Å². The van der Waals surface area contributed by atoms with Crippen LogP contribution < -0.4 is 5.32 Å². The van der Waals surface area contributed by atoms with Gasteiger partial charge in [-0.05, 0) is 19.6 Å². The highest BCUT2D eigenvalue weighted by Gasteiger charge is 2.13. The van der Waals surface area contributed by atoms with Gasteiger partial charge in [0.25, 0.3) is 0 Å². The lowest BCUT2D eigenvalue weighted by atomic mass is 10.2. The van der Waals surface area contributed by atoms with E-state index in [9.17, 15) is 0 Å². The second kappa shape index (κ2) is 3.40. The Morgan fingerprint density at radius 3 is 2.50 bits per heavy atom. The van der Waals surface area contributed by atoms with Crippen LogP contribution in [0.25, 0.3) is 0 Å². The second-order valence-corrected chi connectivity index (χ2v) is 2.73. The van der Waals surface area contributed by atoms with Crippen LogP contribution in [0.5, 0.6) is 0 Å². The third kappa shape index (κ3) is 1.87. The van der Waals surface area contributed by atoms with Gasteiger partial charge in [-0.3, -0.25) is 0 Å². The fourth-order valence-electron chi connectivity index (χ4n) is 1.35. The van der Waals surface area contributed by atoms with E-state index in [2.05, 4.69) is 23.6 Å². The standard InChI is InChI=1S/C8H14N2/c1-7(9-2)10-8-5-3-4-6-8/h8,10H,1-6H2. The quantitative estimate of drug-likeness (QED) is 0.590. The Labute approximate surface area is 62.0 Å². The highest BCUT2D eigenvalue weighted by Crippen LogP contribution is 2.18. The van der Waals surface area contributed by atoms with E-state index in [1.165, 1.54) is 25.7 Å². The van der Waals surface area contributed by atoms with E-state index in [1.807, 2.05) is 0 Å². The molecule has 0 aromatic rings. The van der Waals surface area contributed by atoms with Crippen molar-refractivity contribution in [1.82, 2.24) is 5.32 Å². The maximum absolute atomic E-state index is 3.70. The molecule has 2 nitrogen and oxygen atoms in total. The first-order valence-corrected chi connectivity index (χ1v) is 3.75. The van der Waals surface area contributed by atoms with Crippen molar-refractivity contribution in [2.75, 3.05) is 0 Å². The molecule has 1 aliphatic carbocycles. The van der Waals surface area contributed by atoms with Gasteiger partial charge in [-0.25, -0.2) is 4.99 Å². The van der Waals surface area contributed by atoms with Gasteiger partial charge in [0.05, 0.1) is 0 Å². The van der Waals surface area contributed by atoms with Crippen LogP contribution in [0.1, 0.15) is 25.7 Å². The van der Waals surface area contributed by atoms with Crippen molar-refractivity contribution in [3.05, 3.63) is 12.4 Å². The maximum atomic E-state index is 3.70. The lowest BCUT2D eigenvalue weighted by Crippen LogP contribution is -2.23. The van der Waals surface area contributed by atoms with Crippen LogP contribution in [-0.2, 0) is 0 Å². The third-order valence-electron chi connectivity index (χ3n) is 1.92. The van der Waals surface area contributed by atoms with Gasteiger partial charge < -0.3 is 5.32 Å². The highest BCUT2D eigenvalue weighted by atomic mass is 15.0. The van der Waals surface area contributed by atoms with Gasteiger partial charge in [0.1, 0.15) is 5.82 Å². The molecule has 0 heterocycles. The second-order valence-electron chi connectivity index (χ2n) is 2.73. The normalized spacial score (nSPS) is 18.8. The molecule has 0 aliphatic heterocycles. The minimum atomic E-state index is 0.609. The summed E-state index contributed by atoms with van der Waals surface area (Å²) in [6, 6.07) is 0.609. The molecule has 1 rings (SSSR count). The van der Waals surface area contributed by atoms with Crippen LogP contribution in [-0.4, -0.2) is 12.8 Å². The summed E-state index contributed by atoms with van der Waals surface area (Å²) in [6.45, 7) is 7.09. The van der Waals surface area contributed by atoms with Crippen LogP contribution in [0.4, 0.5) is 0 Å². The molecule has 0 atom stereocenters. The predicted molar refractivity (Wildman–Crippen MR) is 44.1 cm³/mol. The first-order chi connectivity index (χ1) is 4.83. The molecule has 0 aromatic carbocycles. The van der Waals surface area contributed by atoms with Crippen molar-refractivity contribution in [2.45, 2.75) is 31.7 Å². The molecule has 1 aliphatic rings. The van der Waals surface area contributed by atoms with Gasteiger partial charge in [0, 0.05) is 6.04 Å². The zero-order chi connectivity index (χ0) is 7.40. The summed E-state index contributed by atoms with van der Waals surface area (Å²) in [5.74, 6) is 0.715. The summed E-state index contributed by atoms with van der Waals surface area (Å²) in [6.07, 6.45) is 5.19. The topological polar surface area (TPSA) is 24.4 Å². The molecule has 0 radical (unpaired) electrons. The molecule has 0 bridgehead atoms. The Balaban J connectivity index is 2.23. The number of hydrogen-bond donors (Lipinski definition) is 1. The predicted octanol–water partition coefficient (Wildman–Crippen LogP) is 1.69. The molecule has 2 heteroatoms. The largest absolute Gasteiger partial charge is 0.368 e. The Hall–Kier alpha value is -0.790. The van der Waals surface area contributed by atoms with E-state index in [0.717, 1.165) is 0 Å². The van der Waals surface area contributed by atoms with Crippen LogP contribution in [0.3, 0.4) is 0 Å². The zero-order valence-electron chi connectivity index (χ0n) is 6.27. The summed E-state index contributed by atoms with van der Waals surface area (Å²) in [4.78, 5) is 3.70. The number of nitrogens with zero attached hydrogens (tertiary/aromatic N) is 1. The van der Waals surface area contributed by atoms with Gasteiger partial charge in [-0.15, -0.1) is 0 Å². The van der Waals surface area contributed by atoms with E-state index in [-0.39, 0.29) is 0 Å². The lowest BCUT2D eigenvalue weighted by molar-refractivity contribution is 0.583. The fourth-order valence-corrected chi connectivity index (χ4v) is 1.35. The van der Waals surface area contributed by atoms with Crippen LogP contribution in [0, 0.1) is 0 Å². The summed E-state index contributed by atoms with van der Waals surface area (Å²) in [5.41, 5.74) is 0. The molecule has 1 N–H and O–H groups in total. The van der Waals surface area contributed by atoms with E-state index >= 15 is 0 Å². The first-order valence-electron chi connectivity index (χ1n) is 3.75. The molecular formula is C8H14N2. The first kappa shape index (κ1) is 7.32. The number of hydrogen-bond acceptors (Lipinski definition) is 2. The molecule has 1 saturated carbocycles. The molecule has 0 aromatic heterocycles. The van der Waals surface area contributed by atoms with Gasteiger partial charge in [0.2, 0.25) is 0 Å². The smallest absolute Gasteiger partial charge is 0.118 e. The van der Waals surface area contributed by atoms with Gasteiger partial charge in [0.15, 0.2) is 0 Å². The van der Waals surface area contributed by atoms with Gasteiger partial charge in [-0.2, -0.15) is 0 Å². The summed E-state index contributed by atoms with van der Waals surface area (Å²) in [7, 11) is 0. The van der Waals surface area contributed by atoms with Crippen molar-refractivity contribution in [3.63, 3.8) is 0 Å². The molecule has 0 unspecified atom stereocenters. The average Bonchev–Trinajstić information content (AvgIpc) is 2.40. The van der Waals surface area contributed by atoms with E-state index in [4.69, 9.17) is 0 Å². The summed E-state index contributed by atoms with van der Waals surface area (Å²) < 4.78 is 0. The van der Waals surface area contributed by atoms with Crippen molar-refractivity contribution in [1.29, 1.82) is 0 Å². The lowest BCUT2D eigenvalue weighted by Gasteiger charge is -2.11. The van der Waals surface area contributed by atoms with E-state index in [0.29, 0.717) is 11.9 Å². The molecule has 56 valence electrons. The SMILES string of the molecule is C=NC(=C)NC1CCCC1. The summed E-state index contributed by atoms with van der Waals surface area (Å²) in [5, 5.41) is 3.20. The minimum absolute atomic E-state index is 0.609. The van der Waals surface area contributed by atoms with Crippen molar-refractivity contribution >= 4 is 6.72 Å². The average molecular weight is 138 g/mol. The van der Waals surface area contributed by atoms with Crippen molar-refractivity contribution in [2.24, 2.45) is 4.99 Å². The maximum Gasteiger partial charge on any atom is 0.118 e. The molecule has 0 amide bonds. The number of nitrogens with one attached hydrogen (secondary N) is 1. The third-order valence-corrected chi connectivity index (χ3v) is 1.92.